The first kappa shape index (κ1) is 16.1. The van der Waals surface area contributed by atoms with Crippen molar-refractivity contribution in [2.75, 3.05) is 6.54 Å². The van der Waals surface area contributed by atoms with Gasteiger partial charge in [-0.05, 0) is 44.4 Å². The van der Waals surface area contributed by atoms with Crippen LogP contribution in [0, 0.1) is 5.92 Å². The van der Waals surface area contributed by atoms with Gasteiger partial charge in [0.2, 0.25) is 0 Å². The topological polar surface area (TPSA) is 34.1 Å². The average Bonchev–Trinajstić information content (AvgIpc) is 2.37. The van der Waals surface area contributed by atoms with Crippen molar-refractivity contribution < 1.29 is 4.74 Å². The highest BCUT2D eigenvalue weighted by Crippen LogP contribution is 2.15. The second kappa shape index (κ2) is 7.61. The van der Waals surface area contributed by atoms with Gasteiger partial charge >= 0.3 is 0 Å². The van der Waals surface area contributed by atoms with E-state index >= 15 is 0 Å². The monoisotopic (exact) mass is 264 g/mol. The maximum absolute atomic E-state index is 5.84. The predicted molar refractivity (Wildman–Crippen MR) is 79.9 cm³/mol. The molecule has 0 saturated heterocycles. The van der Waals surface area contributed by atoms with E-state index in [-0.39, 0.29) is 5.60 Å². The third-order valence-corrected chi connectivity index (χ3v) is 3.23. The number of hydrogen-bond acceptors (Lipinski definition) is 3. The summed E-state index contributed by atoms with van der Waals surface area (Å²) in [4.78, 5) is 4.45. The Morgan fingerprint density at radius 1 is 1.32 bits per heavy atom. The van der Waals surface area contributed by atoms with Gasteiger partial charge in [0.05, 0.1) is 17.9 Å². The van der Waals surface area contributed by atoms with E-state index in [1.807, 2.05) is 6.20 Å². The van der Waals surface area contributed by atoms with Crippen molar-refractivity contribution in [3.8, 4) is 0 Å². The summed E-state index contributed by atoms with van der Waals surface area (Å²) in [5, 5.41) is 3.41. The second-order valence-corrected chi connectivity index (χ2v) is 6.08. The van der Waals surface area contributed by atoms with Gasteiger partial charge in [-0.3, -0.25) is 4.98 Å². The van der Waals surface area contributed by atoms with Crippen LogP contribution in [-0.2, 0) is 17.9 Å². The SMILES string of the molecule is CCC(C)(C)OCc1ccc(CNCC(C)C)cn1. The van der Waals surface area contributed by atoms with Gasteiger partial charge < -0.3 is 10.1 Å². The van der Waals surface area contributed by atoms with Gasteiger partial charge in [0.15, 0.2) is 0 Å². The standard InChI is InChI=1S/C16H28N2O/c1-6-16(4,5)19-12-15-8-7-14(11-18-15)10-17-9-13(2)3/h7-8,11,13,17H,6,9-10,12H2,1-5H3. The molecule has 19 heavy (non-hydrogen) atoms. The molecule has 1 aromatic heterocycles. The summed E-state index contributed by atoms with van der Waals surface area (Å²) >= 11 is 0. The first-order valence-corrected chi connectivity index (χ1v) is 7.21. The van der Waals surface area contributed by atoms with Crippen molar-refractivity contribution in [3.05, 3.63) is 29.6 Å². The van der Waals surface area contributed by atoms with Crippen molar-refractivity contribution in [1.82, 2.24) is 10.3 Å². The normalized spacial score (nSPS) is 12.1. The van der Waals surface area contributed by atoms with Crippen LogP contribution in [0.5, 0.6) is 0 Å². The maximum Gasteiger partial charge on any atom is 0.0895 e. The van der Waals surface area contributed by atoms with Gasteiger partial charge in [0.25, 0.3) is 0 Å². The molecule has 0 atom stereocenters. The van der Waals surface area contributed by atoms with Crippen molar-refractivity contribution in [2.24, 2.45) is 5.92 Å². The maximum atomic E-state index is 5.84. The molecule has 0 spiro atoms. The van der Waals surface area contributed by atoms with E-state index in [0.29, 0.717) is 12.5 Å². The number of rotatable bonds is 8. The molecule has 0 unspecified atom stereocenters. The fourth-order valence-corrected chi connectivity index (χ4v) is 1.52. The second-order valence-electron chi connectivity index (χ2n) is 6.08. The Labute approximate surface area is 117 Å². The number of nitrogens with one attached hydrogen (secondary N) is 1. The van der Waals surface area contributed by atoms with Gasteiger partial charge in [-0.15, -0.1) is 0 Å². The van der Waals surface area contributed by atoms with E-state index in [2.05, 4.69) is 57.1 Å². The number of aromatic nitrogens is 1. The van der Waals surface area contributed by atoms with Gasteiger partial charge in [-0.1, -0.05) is 26.8 Å². The average molecular weight is 264 g/mol. The van der Waals surface area contributed by atoms with Crippen molar-refractivity contribution in [2.45, 2.75) is 59.8 Å². The molecular weight excluding hydrogens is 236 g/mol. The highest BCUT2D eigenvalue weighted by atomic mass is 16.5. The molecule has 0 radical (unpaired) electrons. The smallest absolute Gasteiger partial charge is 0.0895 e. The highest BCUT2D eigenvalue weighted by Gasteiger charge is 2.15. The minimum absolute atomic E-state index is 0.0703. The molecule has 108 valence electrons. The van der Waals surface area contributed by atoms with E-state index in [1.165, 1.54) is 5.56 Å². The van der Waals surface area contributed by atoms with Gasteiger partial charge in [-0.25, -0.2) is 0 Å². The van der Waals surface area contributed by atoms with Gasteiger partial charge in [-0.2, -0.15) is 0 Å². The summed E-state index contributed by atoms with van der Waals surface area (Å²) in [7, 11) is 0. The Morgan fingerprint density at radius 2 is 2.05 bits per heavy atom. The summed E-state index contributed by atoms with van der Waals surface area (Å²) in [6, 6.07) is 4.18. The molecule has 0 saturated carbocycles. The molecule has 1 rings (SSSR count). The third kappa shape index (κ3) is 6.69. The van der Waals surface area contributed by atoms with Crippen LogP contribution in [0.15, 0.2) is 18.3 Å². The highest BCUT2D eigenvalue weighted by molar-refractivity contribution is 5.13. The van der Waals surface area contributed by atoms with Crippen LogP contribution in [0.1, 0.15) is 52.3 Å². The molecule has 0 bridgehead atoms. The van der Waals surface area contributed by atoms with Crippen LogP contribution < -0.4 is 5.32 Å². The minimum atomic E-state index is -0.0703. The number of pyridine rings is 1. The molecule has 1 aromatic rings. The van der Waals surface area contributed by atoms with Crippen LogP contribution >= 0.6 is 0 Å². The lowest BCUT2D eigenvalue weighted by Crippen LogP contribution is -2.23. The lowest BCUT2D eigenvalue weighted by atomic mass is 10.1. The quantitative estimate of drug-likeness (QED) is 0.780. The minimum Gasteiger partial charge on any atom is -0.369 e. The Kier molecular flexibility index (Phi) is 6.46. The van der Waals surface area contributed by atoms with Crippen LogP contribution in [0.25, 0.3) is 0 Å². The molecule has 0 amide bonds. The van der Waals surface area contributed by atoms with Crippen molar-refractivity contribution in [1.29, 1.82) is 0 Å². The fourth-order valence-electron chi connectivity index (χ4n) is 1.52. The Bertz CT molecular complexity index is 358. The third-order valence-electron chi connectivity index (χ3n) is 3.23. The zero-order valence-corrected chi connectivity index (χ0v) is 13.0. The summed E-state index contributed by atoms with van der Waals surface area (Å²) in [5.41, 5.74) is 2.15. The fraction of sp³-hybridized carbons (Fsp3) is 0.688. The summed E-state index contributed by atoms with van der Waals surface area (Å²) in [6.07, 6.45) is 2.94. The van der Waals surface area contributed by atoms with E-state index in [0.717, 1.165) is 25.2 Å². The Balaban J connectivity index is 2.39. The lowest BCUT2D eigenvalue weighted by molar-refractivity contribution is -0.0330. The summed E-state index contributed by atoms with van der Waals surface area (Å²) < 4.78 is 5.84. The summed E-state index contributed by atoms with van der Waals surface area (Å²) in [5.74, 6) is 0.678. The molecule has 0 aliphatic carbocycles. The number of nitrogens with zero attached hydrogens (tertiary/aromatic N) is 1. The van der Waals surface area contributed by atoms with Gasteiger partial charge in [0, 0.05) is 12.7 Å². The zero-order valence-electron chi connectivity index (χ0n) is 13.0. The molecule has 1 N–H and O–H groups in total. The van der Waals surface area contributed by atoms with E-state index < -0.39 is 0 Å². The number of hydrogen-bond donors (Lipinski definition) is 1. The first-order chi connectivity index (χ1) is 8.93. The van der Waals surface area contributed by atoms with Crippen LogP contribution in [0.4, 0.5) is 0 Å². The number of ether oxygens (including phenoxy) is 1. The largest absolute Gasteiger partial charge is 0.369 e. The molecule has 0 fully saturated rings. The summed E-state index contributed by atoms with van der Waals surface area (Å²) in [6.45, 7) is 13.3. The first-order valence-electron chi connectivity index (χ1n) is 7.21. The molecule has 0 aliphatic heterocycles. The van der Waals surface area contributed by atoms with Gasteiger partial charge in [0.1, 0.15) is 0 Å². The van der Waals surface area contributed by atoms with E-state index in [4.69, 9.17) is 4.74 Å². The molecule has 1 heterocycles. The van der Waals surface area contributed by atoms with E-state index in [9.17, 15) is 0 Å². The van der Waals surface area contributed by atoms with Crippen molar-refractivity contribution >= 4 is 0 Å². The molecule has 3 nitrogen and oxygen atoms in total. The molecular formula is C16H28N2O. The lowest BCUT2D eigenvalue weighted by Gasteiger charge is -2.23. The Hall–Kier alpha value is -0.930. The van der Waals surface area contributed by atoms with Crippen LogP contribution in [0.2, 0.25) is 0 Å². The van der Waals surface area contributed by atoms with Crippen LogP contribution in [-0.4, -0.2) is 17.1 Å². The molecule has 3 heteroatoms. The molecule has 0 aromatic carbocycles. The molecule has 0 aliphatic rings. The van der Waals surface area contributed by atoms with Crippen molar-refractivity contribution in [3.63, 3.8) is 0 Å². The zero-order chi connectivity index (χ0) is 14.3. The predicted octanol–water partition coefficient (Wildman–Crippen LogP) is 3.53. The van der Waals surface area contributed by atoms with Crippen LogP contribution in [0.3, 0.4) is 0 Å². The van der Waals surface area contributed by atoms with E-state index in [1.54, 1.807) is 0 Å². The Morgan fingerprint density at radius 3 is 2.58 bits per heavy atom.